The molecule has 0 unspecified atom stereocenters. The van der Waals surface area contributed by atoms with Crippen molar-refractivity contribution in [2.24, 2.45) is 0 Å². The van der Waals surface area contributed by atoms with E-state index in [-0.39, 0.29) is 6.61 Å². The second-order valence-corrected chi connectivity index (χ2v) is 3.40. The molecule has 16 heavy (non-hydrogen) atoms. The van der Waals surface area contributed by atoms with Gasteiger partial charge in [0.1, 0.15) is 5.75 Å². The maximum Gasteiger partial charge on any atom is 0.128 e. The molecule has 0 fully saturated rings. The Morgan fingerprint density at radius 2 is 2.19 bits per heavy atom. The molecule has 0 amide bonds. The van der Waals surface area contributed by atoms with E-state index in [1.807, 2.05) is 28.8 Å². The minimum absolute atomic E-state index is 0.0957. The van der Waals surface area contributed by atoms with Gasteiger partial charge < -0.3 is 14.4 Å². The van der Waals surface area contributed by atoms with Crippen LogP contribution < -0.4 is 4.74 Å². The number of nitrogens with zero attached hydrogens (tertiary/aromatic N) is 2. The summed E-state index contributed by atoms with van der Waals surface area (Å²) < 4.78 is 7.20. The van der Waals surface area contributed by atoms with Gasteiger partial charge in [-0.15, -0.1) is 0 Å². The standard InChI is InChI=1S/C12H14N2O2/c1-16-12-5-3-2-4-10(12)11-8-13-9-14(11)6-7-15/h2-5,8-9,15H,6-7H2,1H3. The minimum atomic E-state index is 0.0957. The van der Waals surface area contributed by atoms with Gasteiger partial charge in [0.15, 0.2) is 0 Å². The van der Waals surface area contributed by atoms with Crippen LogP contribution in [0, 0.1) is 0 Å². The Labute approximate surface area is 94.1 Å². The van der Waals surface area contributed by atoms with Crippen molar-refractivity contribution in [3.63, 3.8) is 0 Å². The molecule has 1 aromatic carbocycles. The van der Waals surface area contributed by atoms with E-state index in [1.165, 1.54) is 0 Å². The summed E-state index contributed by atoms with van der Waals surface area (Å²) >= 11 is 0. The van der Waals surface area contributed by atoms with Crippen LogP contribution in [-0.2, 0) is 6.54 Å². The number of aliphatic hydroxyl groups is 1. The highest BCUT2D eigenvalue weighted by atomic mass is 16.5. The molecule has 0 atom stereocenters. The largest absolute Gasteiger partial charge is 0.496 e. The Morgan fingerprint density at radius 3 is 2.94 bits per heavy atom. The molecule has 1 N–H and O–H groups in total. The average Bonchev–Trinajstić information content (AvgIpc) is 2.77. The lowest BCUT2D eigenvalue weighted by Crippen LogP contribution is -2.02. The van der Waals surface area contributed by atoms with E-state index >= 15 is 0 Å². The SMILES string of the molecule is COc1ccccc1-c1cncn1CCO. The summed E-state index contributed by atoms with van der Waals surface area (Å²) in [5, 5.41) is 8.96. The summed E-state index contributed by atoms with van der Waals surface area (Å²) in [4.78, 5) is 4.09. The molecular formula is C12H14N2O2. The fraction of sp³-hybridized carbons (Fsp3) is 0.250. The van der Waals surface area contributed by atoms with Gasteiger partial charge in [0, 0.05) is 12.1 Å². The Hall–Kier alpha value is -1.81. The number of rotatable bonds is 4. The Bertz CT molecular complexity index is 466. The van der Waals surface area contributed by atoms with Crippen LogP contribution >= 0.6 is 0 Å². The van der Waals surface area contributed by atoms with Gasteiger partial charge in [-0.1, -0.05) is 12.1 Å². The van der Waals surface area contributed by atoms with Crippen LogP contribution in [-0.4, -0.2) is 28.4 Å². The van der Waals surface area contributed by atoms with Crippen molar-refractivity contribution in [1.82, 2.24) is 9.55 Å². The van der Waals surface area contributed by atoms with E-state index in [9.17, 15) is 0 Å². The average molecular weight is 218 g/mol. The van der Waals surface area contributed by atoms with Gasteiger partial charge in [-0.05, 0) is 12.1 Å². The van der Waals surface area contributed by atoms with Gasteiger partial charge in [-0.3, -0.25) is 0 Å². The Morgan fingerprint density at radius 1 is 1.38 bits per heavy atom. The minimum Gasteiger partial charge on any atom is -0.496 e. The number of benzene rings is 1. The van der Waals surface area contributed by atoms with Crippen LogP contribution in [0.2, 0.25) is 0 Å². The smallest absolute Gasteiger partial charge is 0.128 e. The first-order valence-electron chi connectivity index (χ1n) is 5.11. The molecule has 0 aliphatic carbocycles. The Balaban J connectivity index is 2.45. The first kappa shape index (κ1) is 10.7. The Kier molecular flexibility index (Phi) is 3.22. The number of imidazole rings is 1. The first-order chi connectivity index (χ1) is 7.86. The van der Waals surface area contributed by atoms with Gasteiger partial charge in [0.2, 0.25) is 0 Å². The molecule has 4 nitrogen and oxygen atoms in total. The molecule has 1 heterocycles. The van der Waals surface area contributed by atoms with E-state index in [1.54, 1.807) is 19.6 Å². The molecule has 84 valence electrons. The molecule has 0 aliphatic rings. The van der Waals surface area contributed by atoms with Crippen LogP contribution in [0.1, 0.15) is 0 Å². The normalized spacial score (nSPS) is 10.4. The number of hydrogen-bond donors (Lipinski definition) is 1. The van der Waals surface area contributed by atoms with Crippen molar-refractivity contribution in [1.29, 1.82) is 0 Å². The fourth-order valence-corrected chi connectivity index (χ4v) is 1.69. The van der Waals surface area contributed by atoms with Crippen molar-refractivity contribution >= 4 is 0 Å². The topological polar surface area (TPSA) is 47.3 Å². The van der Waals surface area contributed by atoms with Crippen LogP contribution in [0.25, 0.3) is 11.3 Å². The molecule has 0 aliphatic heterocycles. The van der Waals surface area contributed by atoms with Crippen molar-refractivity contribution < 1.29 is 9.84 Å². The van der Waals surface area contributed by atoms with Crippen LogP contribution in [0.5, 0.6) is 5.75 Å². The highest BCUT2D eigenvalue weighted by molar-refractivity contribution is 5.66. The summed E-state index contributed by atoms with van der Waals surface area (Å²) in [5.41, 5.74) is 1.93. The molecular weight excluding hydrogens is 204 g/mol. The van der Waals surface area contributed by atoms with Gasteiger partial charge >= 0.3 is 0 Å². The maximum absolute atomic E-state index is 8.96. The molecule has 0 radical (unpaired) electrons. The van der Waals surface area contributed by atoms with E-state index < -0.39 is 0 Å². The molecule has 1 aromatic heterocycles. The summed E-state index contributed by atoms with van der Waals surface area (Å²) in [6, 6.07) is 7.76. The molecule has 0 saturated heterocycles. The van der Waals surface area contributed by atoms with Gasteiger partial charge in [-0.25, -0.2) is 4.98 Å². The third-order valence-electron chi connectivity index (χ3n) is 2.44. The molecule has 0 saturated carbocycles. The zero-order valence-corrected chi connectivity index (χ0v) is 9.13. The number of hydrogen-bond acceptors (Lipinski definition) is 3. The predicted octanol–water partition coefficient (Wildman–Crippen LogP) is 1.55. The van der Waals surface area contributed by atoms with Crippen LogP contribution in [0.3, 0.4) is 0 Å². The van der Waals surface area contributed by atoms with Crippen molar-refractivity contribution in [3.05, 3.63) is 36.8 Å². The third-order valence-corrected chi connectivity index (χ3v) is 2.44. The highest BCUT2D eigenvalue weighted by Crippen LogP contribution is 2.28. The zero-order valence-electron chi connectivity index (χ0n) is 9.13. The van der Waals surface area contributed by atoms with Crippen molar-refractivity contribution in [3.8, 4) is 17.0 Å². The lowest BCUT2D eigenvalue weighted by molar-refractivity contribution is 0.276. The van der Waals surface area contributed by atoms with E-state index in [4.69, 9.17) is 9.84 Å². The van der Waals surface area contributed by atoms with E-state index in [0.717, 1.165) is 17.0 Å². The third kappa shape index (κ3) is 1.92. The summed E-state index contributed by atoms with van der Waals surface area (Å²) in [7, 11) is 1.64. The second-order valence-electron chi connectivity index (χ2n) is 3.40. The zero-order chi connectivity index (χ0) is 11.4. The lowest BCUT2D eigenvalue weighted by Gasteiger charge is -2.10. The van der Waals surface area contributed by atoms with Gasteiger partial charge in [-0.2, -0.15) is 0 Å². The van der Waals surface area contributed by atoms with Crippen LogP contribution in [0.4, 0.5) is 0 Å². The van der Waals surface area contributed by atoms with Crippen molar-refractivity contribution in [2.75, 3.05) is 13.7 Å². The monoisotopic (exact) mass is 218 g/mol. The first-order valence-corrected chi connectivity index (χ1v) is 5.11. The number of methoxy groups -OCH3 is 1. The summed E-state index contributed by atoms with van der Waals surface area (Å²) in [6.07, 6.45) is 3.48. The summed E-state index contributed by atoms with van der Waals surface area (Å²) in [6.45, 7) is 0.631. The maximum atomic E-state index is 8.96. The number of ether oxygens (including phenoxy) is 1. The number of aliphatic hydroxyl groups excluding tert-OH is 1. The summed E-state index contributed by atoms with van der Waals surface area (Å²) in [5.74, 6) is 0.808. The molecule has 0 spiro atoms. The molecule has 0 bridgehead atoms. The fourth-order valence-electron chi connectivity index (χ4n) is 1.69. The second kappa shape index (κ2) is 4.81. The molecule has 4 heteroatoms. The lowest BCUT2D eigenvalue weighted by atomic mass is 10.1. The molecule has 2 rings (SSSR count). The van der Waals surface area contributed by atoms with Crippen LogP contribution in [0.15, 0.2) is 36.8 Å². The van der Waals surface area contributed by atoms with Gasteiger partial charge in [0.05, 0.1) is 31.9 Å². The highest BCUT2D eigenvalue weighted by Gasteiger charge is 2.09. The van der Waals surface area contributed by atoms with Crippen molar-refractivity contribution in [2.45, 2.75) is 6.54 Å². The van der Waals surface area contributed by atoms with E-state index in [0.29, 0.717) is 6.54 Å². The number of para-hydroxylation sites is 1. The van der Waals surface area contributed by atoms with Gasteiger partial charge in [0.25, 0.3) is 0 Å². The predicted molar refractivity (Wildman–Crippen MR) is 61.3 cm³/mol. The molecule has 2 aromatic rings. The quantitative estimate of drug-likeness (QED) is 0.847. The number of aromatic nitrogens is 2. The van der Waals surface area contributed by atoms with E-state index in [2.05, 4.69) is 4.98 Å².